The van der Waals surface area contributed by atoms with Gasteiger partial charge >= 0.3 is 0 Å². The van der Waals surface area contributed by atoms with E-state index in [1.807, 2.05) is 6.07 Å². The summed E-state index contributed by atoms with van der Waals surface area (Å²) in [6.45, 7) is 8.20. The highest BCUT2D eigenvalue weighted by Crippen LogP contribution is 1.99. The third kappa shape index (κ3) is 6.57. The number of rotatable bonds is 9. The van der Waals surface area contributed by atoms with Gasteiger partial charge in [0, 0.05) is 26.2 Å². The van der Waals surface area contributed by atoms with E-state index in [0.717, 1.165) is 45.7 Å². The third-order valence-corrected chi connectivity index (χ3v) is 3.19. The van der Waals surface area contributed by atoms with E-state index in [4.69, 9.17) is 10.5 Å². The monoisotopic (exact) mass is 277 g/mol. The summed E-state index contributed by atoms with van der Waals surface area (Å²) in [5, 5.41) is 0. The van der Waals surface area contributed by atoms with Crippen LogP contribution in [0.15, 0.2) is 35.3 Å². The van der Waals surface area contributed by atoms with Gasteiger partial charge in [-0.05, 0) is 32.3 Å². The van der Waals surface area contributed by atoms with Crippen LogP contribution in [0.4, 0.5) is 0 Å². The van der Waals surface area contributed by atoms with E-state index in [2.05, 4.69) is 48.0 Å². The third-order valence-electron chi connectivity index (χ3n) is 3.19. The molecule has 0 radical (unpaired) electrons. The highest BCUT2D eigenvalue weighted by atomic mass is 16.5. The van der Waals surface area contributed by atoms with Gasteiger partial charge < -0.3 is 15.4 Å². The second-order valence-corrected chi connectivity index (χ2v) is 4.61. The van der Waals surface area contributed by atoms with Crippen molar-refractivity contribution in [3.8, 4) is 0 Å². The minimum absolute atomic E-state index is 0.638. The predicted octanol–water partition coefficient (Wildman–Crippen LogP) is 2.29. The summed E-state index contributed by atoms with van der Waals surface area (Å²) in [6, 6.07) is 10.4. The lowest BCUT2D eigenvalue weighted by molar-refractivity contribution is 0.136. The van der Waals surface area contributed by atoms with Crippen LogP contribution in [-0.4, -0.2) is 43.7 Å². The van der Waals surface area contributed by atoms with Crippen molar-refractivity contribution in [3.05, 3.63) is 35.9 Å². The summed E-state index contributed by atoms with van der Waals surface area (Å²) < 4.78 is 5.61. The molecule has 0 aliphatic carbocycles. The number of hydrogen-bond donors (Lipinski definition) is 1. The summed E-state index contributed by atoms with van der Waals surface area (Å²) in [7, 11) is 0. The lowest BCUT2D eigenvalue weighted by atomic mass is 10.2. The Morgan fingerprint density at radius 2 is 1.85 bits per heavy atom. The number of ether oxygens (including phenoxy) is 1. The maximum Gasteiger partial charge on any atom is 0.191 e. The standard InChI is InChI=1S/C16H27N3O/c1-3-19(4-2)16(17)18-12-8-13-20-14-11-15-9-6-5-7-10-15/h5-7,9-10H,3-4,8,11-14H2,1-2H3,(H2,17,18). The van der Waals surface area contributed by atoms with Crippen LogP contribution < -0.4 is 5.73 Å². The maximum absolute atomic E-state index is 5.89. The van der Waals surface area contributed by atoms with Crippen molar-refractivity contribution in [2.75, 3.05) is 32.8 Å². The average Bonchev–Trinajstić information content (AvgIpc) is 2.48. The van der Waals surface area contributed by atoms with Crippen molar-refractivity contribution in [1.82, 2.24) is 4.90 Å². The molecule has 0 amide bonds. The molecule has 0 atom stereocenters. The molecule has 0 spiro atoms. The molecule has 2 N–H and O–H groups in total. The van der Waals surface area contributed by atoms with Crippen LogP contribution in [-0.2, 0) is 11.2 Å². The fraction of sp³-hybridized carbons (Fsp3) is 0.562. The first-order chi connectivity index (χ1) is 9.77. The normalized spacial score (nSPS) is 11.6. The van der Waals surface area contributed by atoms with Gasteiger partial charge in [0.2, 0.25) is 0 Å². The van der Waals surface area contributed by atoms with E-state index in [1.54, 1.807) is 0 Å². The van der Waals surface area contributed by atoms with Gasteiger partial charge in [0.25, 0.3) is 0 Å². The van der Waals surface area contributed by atoms with Gasteiger partial charge in [-0.15, -0.1) is 0 Å². The molecular formula is C16H27N3O. The van der Waals surface area contributed by atoms with Crippen LogP contribution in [0.1, 0.15) is 25.8 Å². The molecule has 1 rings (SSSR count). The quantitative estimate of drug-likeness (QED) is 0.428. The van der Waals surface area contributed by atoms with Gasteiger partial charge in [0.05, 0.1) is 6.61 Å². The van der Waals surface area contributed by atoms with Gasteiger partial charge in [-0.2, -0.15) is 0 Å². The Labute approximate surface area is 122 Å². The largest absolute Gasteiger partial charge is 0.381 e. The molecule has 0 saturated carbocycles. The molecule has 0 unspecified atom stereocenters. The van der Waals surface area contributed by atoms with Crippen LogP contribution in [0.3, 0.4) is 0 Å². The summed E-state index contributed by atoms with van der Waals surface area (Å²) in [4.78, 5) is 6.41. The molecule has 0 aliphatic rings. The molecule has 0 aliphatic heterocycles. The zero-order chi connectivity index (χ0) is 14.6. The van der Waals surface area contributed by atoms with E-state index >= 15 is 0 Å². The molecule has 1 aromatic carbocycles. The van der Waals surface area contributed by atoms with Gasteiger partial charge in [0.1, 0.15) is 0 Å². The number of hydrogen-bond acceptors (Lipinski definition) is 2. The number of benzene rings is 1. The lowest BCUT2D eigenvalue weighted by Crippen LogP contribution is -2.37. The lowest BCUT2D eigenvalue weighted by Gasteiger charge is -2.19. The first kappa shape index (κ1) is 16.5. The molecule has 1 aromatic rings. The number of guanidine groups is 1. The van der Waals surface area contributed by atoms with Crippen molar-refractivity contribution in [3.63, 3.8) is 0 Å². The number of nitrogens with two attached hydrogens (primary N) is 1. The van der Waals surface area contributed by atoms with E-state index in [0.29, 0.717) is 5.96 Å². The maximum atomic E-state index is 5.89. The fourth-order valence-electron chi connectivity index (χ4n) is 1.94. The van der Waals surface area contributed by atoms with E-state index < -0.39 is 0 Å². The predicted molar refractivity (Wildman–Crippen MR) is 85.0 cm³/mol. The minimum atomic E-state index is 0.638. The zero-order valence-electron chi connectivity index (χ0n) is 12.7. The molecule has 0 aromatic heterocycles. The molecular weight excluding hydrogens is 250 g/mol. The SMILES string of the molecule is CCN(CC)C(N)=NCCCOCCc1ccccc1. The summed E-state index contributed by atoms with van der Waals surface area (Å²) in [6.07, 6.45) is 1.88. The van der Waals surface area contributed by atoms with Crippen LogP contribution in [0.2, 0.25) is 0 Å². The van der Waals surface area contributed by atoms with Crippen molar-refractivity contribution in [1.29, 1.82) is 0 Å². The fourth-order valence-corrected chi connectivity index (χ4v) is 1.94. The first-order valence-electron chi connectivity index (χ1n) is 7.44. The Hall–Kier alpha value is -1.55. The first-order valence-corrected chi connectivity index (χ1v) is 7.44. The summed E-state index contributed by atoms with van der Waals surface area (Å²) in [5.74, 6) is 0.638. The van der Waals surface area contributed by atoms with Crippen molar-refractivity contribution >= 4 is 5.96 Å². The summed E-state index contributed by atoms with van der Waals surface area (Å²) in [5.41, 5.74) is 7.21. The number of nitrogens with zero attached hydrogens (tertiary/aromatic N) is 2. The van der Waals surface area contributed by atoms with Crippen LogP contribution >= 0.6 is 0 Å². The molecule has 0 saturated heterocycles. The summed E-state index contributed by atoms with van der Waals surface area (Å²) >= 11 is 0. The molecule has 112 valence electrons. The van der Waals surface area contributed by atoms with Crippen molar-refractivity contribution in [2.24, 2.45) is 10.7 Å². The van der Waals surface area contributed by atoms with Crippen LogP contribution in [0.5, 0.6) is 0 Å². The smallest absolute Gasteiger partial charge is 0.191 e. The molecule has 20 heavy (non-hydrogen) atoms. The van der Waals surface area contributed by atoms with E-state index in [-0.39, 0.29) is 0 Å². The van der Waals surface area contributed by atoms with E-state index in [1.165, 1.54) is 5.56 Å². The molecule has 0 fully saturated rings. The molecule has 0 heterocycles. The minimum Gasteiger partial charge on any atom is -0.381 e. The highest BCUT2D eigenvalue weighted by Gasteiger charge is 2.00. The molecule has 0 bridgehead atoms. The van der Waals surface area contributed by atoms with Crippen molar-refractivity contribution < 1.29 is 4.74 Å². The topological polar surface area (TPSA) is 50.8 Å². The van der Waals surface area contributed by atoms with Gasteiger partial charge in [-0.25, -0.2) is 0 Å². The van der Waals surface area contributed by atoms with Crippen molar-refractivity contribution in [2.45, 2.75) is 26.7 Å². The molecule has 4 heteroatoms. The Bertz CT molecular complexity index is 375. The zero-order valence-corrected chi connectivity index (χ0v) is 12.7. The van der Waals surface area contributed by atoms with Gasteiger partial charge in [-0.1, -0.05) is 30.3 Å². The Balaban J connectivity index is 2.06. The Morgan fingerprint density at radius 3 is 2.50 bits per heavy atom. The van der Waals surface area contributed by atoms with Gasteiger partial charge in [0.15, 0.2) is 5.96 Å². The average molecular weight is 277 g/mol. The Morgan fingerprint density at radius 1 is 1.15 bits per heavy atom. The van der Waals surface area contributed by atoms with Crippen LogP contribution in [0.25, 0.3) is 0 Å². The highest BCUT2D eigenvalue weighted by molar-refractivity contribution is 5.77. The Kier molecular flexibility index (Phi) is 8.47. The van der Waals surface area contributed by atoms with E-state index in [9.17, 15) is 0 Å². The second-order valence-electron chi connectivity index (χ2n) is 4.61. The second kappa shape index (κ2) is 10.3. The molecule has 4 nitrogen and oxygen atoms in total. The van der Waals surface area contributed by atoms with Gasteiger partial charge in [-0.3, -0.25) is 4.99 Å². The number of aliphatic imine (C=N–C) groups is 1. The van der Waals surface area contributed by atoms with Crippen LogP contribution in [0, 0.1) is 0 Å².